The van der Waals surface area contributed by atoms with Crippen molar-refractivity contribution in [2.75, 3.05) is 0 Å². The topological polar surface area (TPSA) is 75.2 Å². The second kappa shape index (κ2) is 4.48. The van der Waals surface area contributed by atoms with Gasteiger partial charge < -0.3 is 14.8 Å². The lowest BCUT2D eigenvalue weighted by atomic mass is 10.2. The molecule has 16 heavy (non-hydrogen) atoms. The maximum atomic E-state index is 10.5. The van der Waals surface area contributed by atoms with Crippen molar-refractivity contribution in [1.82, 2.24) is 9.97 Å². The van der Waals surface area contributed by atoms with Gasteiger partial charge >= 0.3 is 5.97 Å². The first-order chi connectivity index (χ1) is 7.75. The standard InChI is InChI=1S/C11H10N2O3/c14-11(15)10-12-6-9(13-10)16-7-8-4-2-1-3-5-8/h1-6H,7H2,(H,12,13)(H,14,15). The lowest BCUT2D eigenvalue weighted by molar-refractivity contribution is 0.0684. The molecule has 5 heteroatoms. The van der Waals surface area contributed by atoms with Gasteiger partial charge in [0.15, 0.2) is 0 Å². The van der Waals surface area contributed by atoms with E-state index >= 15 is 0 Å². The molecule has 0 radical (unpaired) electrons. The molecule has 2 rings (SSSR count). The van der Waals surface area contributed by atoms with Crippen molar-refractivity contribution in [1.29, 1.82) is 0 Å². The van der Waals surface area contributed by atoms with Crippen LogP contribution in [0.4, 0.5) is 0 Å². The molecule has 82 valence electrons. The number of aromatic nitrogens is 2. The van der Waals surface area contributed by atoms with E-state index in [1.54, 1.807) is 0 Å². The van der Waals surface area contributed by atoms with Gasteiger partial charge in [-0.15, -0.1) is 0 Å². The molecule has 1 aromatic heterocycles. The number of aromatic carboxylic acids is 1. The van der Waals surface area contributed by atoms with E-state index in [0.717, 1.165) is 5.56 Å². The van der Waals surface area contributed by atoms with Crippen LogP contribution < -0.4 is 4.74 Å². The van der Waals surface area contributed by atoms with Gasteiger partial charge in [-0.25, -0.2) is 9.78 Å². The van der Waals surface area contributed by atoms with E-state index in [-0.39, 0.29) is 5.82 Å². The summed E-state index contributed by atoms with van der Waals surface area (Å²) in [4.78, 5) is 16.7. The maximum Gasteiger partial charge on any atom is 0.372 e. The molecule has 0 aliphatic rings. The number of imidazole rings is 1. The van der Waals surface area contributed by atoms with E-state index in [9.17, 15) is 4.79 Å². The smallest absolute Gasteiger partial charge is 0.372 e. The minimum Gasteiger partial charge on any atom is -0.475 e. The second-order valence-corrected chi connectivity index (χ2v) is 3.18. The zero-order valence-electron chi connectivity index (χ0n) is 8.38. The van der Waals surface area contributed by atoms with Gasteiger partial charge in [0.05, 0.1) is 6.20 Å². The number of carboxylic acid groups (broad SMARTS) is 1. The molecule has 0 saturated carbocycles. The summed E-state index contributed by atoms with van der Waals surface area (Å²) in [6.45, 7) is 0.377. The second-order valence-electron chi connectivity index (χ2n) is 3.18. The van der Waals surface area contributed by atoms with Crippen molar-refractivity contribution >= 4 is 5.97 Å². The third kappa shape index (κ3) is 2.38. The molecule has 0 fully saturated rings. The number of benzene rings is 1. The van der Waals surface area contributed by atoms with E-state index in [1.807, 2.05) is 30.3 Å². The molecule has 1 aromatic carbocycles. The molecule has 1 heterocycles. The predicted molar refractivity (Wildman–Crippen MR) is 56.3 cm³/mol. The number of hydrogen-bond acceptors (Lipinski definition) is 3. The fourth-order valence-corrected chi connectivity index (χ4v) is 1.22. The molecule has 2 N–H and O–H groups in total. The van der Waals surface area contributed by atoms with E-state index in [1.165, 1.54) is 6.20 Å². The Balaban J connectivity index is 1.97. The first kappa shape index (κ1) is 10.2. The van der Waals surface area contributed by atoms with Crippen molar-refractivity contribution < 1.29 is 14.6 Å². The van der Waals surface area contributed by atoms with Crippen LogP contribution in [0.25, 0.3) is 0 Å². The molecule has 0 unspecified atom stereocenters. The maximum absolute atomic E-state index is 10.5. The van der Waals surface area contributed by atoms with E-state index in [0.29, 0.717) is 12.5 Å². The molecule has 0 atom stereocenters. The lowest BCUT2D eigenvalue weighted by Gasteiger charge is -2.02. The number of aromatic amines is 1. The molecule has 0 amide bonds. The predicted octanol–water partition coefficient (Wildman–Crippen LogP) is 1.69. The van der Waals surface area contributed by atoms with Crippen molar-refractivity contribution in [3.05, 3.63) is 47.9 Å². The van der Waals surface area contributed by atoms with E-state index in [4.69, 9.17) is 9.84 Å². The third-order valence-electron chi connectivity index (χ3n) is 1.99. The largest absolute Gasteiger partial charge is 0.475 e. The summed E-state index contributed by atoms with van der Waals surface area (Å²) in [5.41, 5.74) is 1.01. The van der Waals surface area contributed by atoms with Crippen LogP contribution in [0.3, 0.4) is 0 Å². The molecular weight excluding hydrogens is 208 g/mol. The molecule has 0 bridgehead atoms. The Kier molecular flexibility index (Phi) is 2.86. The molecule has 2 aromatic rings. The van der Waals surface area contributed by atoms with Crippen molar-refractivity contribution in [2.45, 2.75) is 6.61 Å². The number of nitrogens with one attached hydrogen (secondary N) is 1. The highest BCUT2D eigenvalue weighted by Crippen LogP contribution is 2.09. The Bertz CT molecular complexity index is 479. The summed E-state index contributed by atoms with van der Waals surface area (Å²) in [6, 6.07) is 9.59. The van der Waals surface area contributed by atoms with Crippen LogP contribution in [0.5, 0.6) is 5.88 Å². The van der Waals surface area contributed by atoms with Crippen molar-refractivity contribution in [3.63, 3.8) is 0 Å². The van der Waals surface area contributed by atoms with Crippen LogP contribution in [0.15, 0.2) is 36.5 Å². The number of ether oxygens (including phenoxy) is 1. The van der Waals surface area contributed by atoms with Gasteiger partial charge in [-0.05, 0) is 5.56 Å². The summed E-state index contributed by atoms with van der Waals surface area (Å²) in [6.07, 6.45) is 1.35. The number of rotatable bonds is 4. The van der Waals surface area contributed by atoms with Gasteiger partial charge in [-0.1, -0.05) is 30.3 Å². The van der Waals surface area contributed by atoms with Gasteiger partial charge in [0, 0.05) is 0 Å². The molecule has 0 saturated heterocycles. The average molecular weight is 218 g/mol. The Labute approximate surface area is 91.7 Å². The Morgan fingerprint density at radius 3 is 2.75 bits per heavy atom. The Morgan fingerprint density at radius 1 is 1.38 bits per heavy atom. The first-order valence-electron chi connectivity index (χ1n) is 4.71. The first-order valence-corrected chi connectivity index (χ1v) is 4.71. The number of carbonyl (C=O) groups is 1. The highest BCUT2D eigenvalue weighted by molar-refractivity contribution is 5.83. The molecule has 5 nitrogen and oxygen atoms in total. The highest BCUT2D eigenvalue weighted by Gasteiger charge is 2.07. The van der Waals surface area contributed by atoms with Gasteiger partial charge in [0.25, 0.3) is 0 Å². The van der Waals surface area contributed by atoms with Crippen LogP contribution >= 0.6 is 0 Å². The summed E-state index contributed by atoms with van der Waals surface area (Å²) in [5.74, 6) is -0.876. The minimum absolute atomic E-state index is 0.122. The molecule has 0 aliphatic heterocycles. The van der Waals surface area contributed by atoms with Gasteiger partial charge in [-0.3, -0.25) is 0 Å². The van der Waals surface area contributed by atoms with E-state index in [2.05, 4.69) is 9.97 Å². The van der Waals surface area contributed by atoms with Crippen LogP contribution in [-0.2, 0) is 6.61 Å². The van der Waals surface area contributed by atoms with E-state index < -0.39 is 5.97 Å². The van der Waals surface area contributed by atoms with Crippen molar-refractivity contribution in [3.8, 4) is 5.88 Å². The molecule has 0 spiro atoms. The Morgan fingerprint density at radius 2 is 2.12 bits per heavy atom. The zero-order chi connectivity index (χ0) is 11.4. The van der Waals surface area contributed by atoms with Crippen LogP contribution in [0.2, 0.25) is 0 Å². The average Bonchev–Trinajstić information content (AvgIpc) is 2.76. The van der Waals surface area contributed by atoms with Gasteiger partial charge in [0.1, 0.15) is 6.61 Å². The summed E-state index contributed by atoms with van der Waals surface area (Å²) in [5, 5.41) is 8.63. The Hall–Kier alpha value is -2.30. The zero-order valence-corrected chi connectivity index (χ0v) is 8.38. The minimum atomic E-state index is -1.10. The number of carboxylic acids is 1. The summed E-state index contributed by atoms with van der Waals surface area (Å²) < 4.78 is 5.34. The fraction of sp³-hybridized carbons (Fsp3) is 0.0909. The summed E-state index contributed by atoms with van der Waals surface area (Å²) >= 11 is 0. The van der Waals surface area contributed by atoms with Crippen LogP contribution in [0.1, 0.15) is 16.2 Å². The highest BCUT2D eigenvalue weighted by atomic mass is 16.5. The van der Waals surface area contributed by atoms with Gasteiger partial charge in [0.2, 0.25) is 11.7 Å². The van der Waals surface area contributed by atoms with Crippen LogP contribution in [-0.4, -0.2) is 21.0 Å². The van der Waals surface area contributed by atoms with Crippen LogP contribution in [0, 0.1) is 0 Å². The number of nitrogens with zero attached hydrogens (tertiary/aromatic N) is 1. The fourth-order valence-electron chi connectivity index (χ4n) is 1.22. The SMILES string of the molecule is O=C(O)c1ncc(OCc2ccccc2)[nH]1. The third-order valence-corrected chi connectivity index (χ3v) is 1.99. The number of H-pyrrole nitrogens is 1. The lowest BCUT2D eigenvalue weighted by Crippen LogP contribution is -1.99. The number of hydrogen-bond donors (Lipinski definition) is 2. The summed E-state index contributed by atoms with van der Waals surface area (Å²) in [7, 11) is 0. The quantitative estimate of drug-likeness (QED) is 0.818. The van der Waals surface area contributed by atoms with Crippen molar-refractivity contribution in [2.24, 2.45) is 0 Å². The molecule has 0 aliphatic carbocycles. The monoisotopic (exact) mass is 218 g/mol. The van der Waals surface area contributed by atoms with Gasteiger partial charge in [-0.2, -0.15) is 0 Å². The molecular formula is C11H10N2O3. The normalized spacial score (nSPS) is 10.0.